The van der Waals surface area contributed by atoms with Gasteiger partial charge in [-0.25, -0.2) is 0 Å². The van der Waals surface area contributed by atoms with Gasteiger partial charge in [0.05, 0.1) is 16.8 Å². The Bertz CT molecular complexity index is 564. The molecule has 0 aliphatic rings. The summed E-state index contributed by atoms with van der Waals surface area (Å²) < 4.78 is 7.57. The van der Waals surface area contributed by atoms with Crippen LogP contribution in [0.15, 0.2) is 27.5 Å². The minimum atomic E-state index is -0.600. The van der Waals surface area contributed by atoms with E-state index < -0.39 is 6.10 Å². The lowest BCUT2D eigenvalue weighted by molar-refractivity contribution is 0.0915. The highest BCUT2D eigenvalue weighted by molar-refractivity contribution is 9.10. The van der Waals surface area contributed by atoms with Crippen molar-refractivity contribution in [1.82, 2.24) is 20.3 Å². The molecule has 102 valence electrons. The number of amides is 1. The van der Waals surface area contributed by atoms with Crippen LogP contribution in [0.3, 0.4) is 0 Å². The SMILES string of the molecule is CC(O)CNC(=O)c1cc(Cn2cc(Br)cn2)on1. The minimum Gasteiger partial charge on any atom is -0.392 e. The highest BCUT2D eigenvalue weighted by Crippen LogP contribution is 2.10. The van der Waals surface area contributed by atoms with Crippen LogP contribution in [-0.2, 0) is 6.54 Å². The molecule has 0 radical (unpaired) electrons. The summed E-state index contributed by atoms with van der Waals surface area (Å²) in [6, 6.07) is 1.55. The molecule has 8 heteroatoms. The van der Waals surface area contributed by atoms with Gasteiger partial charge in [-0.1, -0.05) is 5.16 Å². The van der Waals surface area contributed by atoms with Gasteiger partial charge in [-0.3, -0.25) is 9.48 Å². The Morgan fingerprint density at radius 2 is 2.47 bits per heavy atom. The Labute approximate surface area is 117 Å². The van der Waals surface area contributed by atoms with E-state index in [4.69, 9.17) is 9.63 Å². The fourth-order valence-corrected chi connectivity index (χ4v) is 1.74. The fourth-order valence-electron chi connectivity index (χ4n) is 1.41. The molecule has 0 aliphatic heterocycles. The van der Waals surface area contributed by atoms with Crippen molar-refractivity contribution in [2.75, 3.05) is 6.54 Å². The van der Waals surface area contributed by atoms with Gasteiger partial charge >= 0.3 is 0 Å². The maximum Gasteiger partial charge on any atom is 0.273 e. The average molecular weight is 329 g/mol. The van der Waals surface area contributed by atoms with Crippen LogP contribution in [-0.4, -0.2) is 38.6 Å². The highest BCUT2D eigenvalue weighted by Gasteiger charge is 2.13. The van der Waals surface area contributed by atoms with Crippen LogP contribution in [0.1, 0.15) is 23.2 Å². The first kappa shape index (κ1) is 13.8. The van der Waals surface area contributed by atoms with Gasteiger partial charge in [0.25, 0.3) is 5.91 Å². The summed E-state index contributed by atoms with van der Waals surface area (Å²) in [6.07, 6.45) is 2.85. The molecular formula is C11H13BrN4O3. The maximum atomic E-state index is 11.6. The number of halogens is 1. The summed E-state index contributed by atoms with van der Waals surface area (Å²) in [5.74, 6) is 0.148. The van der Waals surface area contributed by atoms with Crippen molar-refractivity contribution < 1.29 is 14.4 Å². The number of carbonyl (C=O) groups is 1. The van der Waals surface area contributed by atoms with Gasteiger partial charge in [-0.15, -0.1) is 0 Å². The number of aromatic nitrogens is 3. The first-order chi connectivity index (χ1) is 9.04. The van der Waals surface area contributed by atoms with Gasteiger partial charge in [0.1, 0.15) is 6.54 Å². The van der Waals surface area contributed by atoms with Gasteiger partial charge in [0.15, 0.2) is 11.5 Å². The lowest BCUT2D eigenvalue weighted by Crippen LogP contribution is -2.30. The standard InChI is InChI=1S/C11H13BrN4O3/c1-7(17)3-13-11(18)10-2-9(19-15-10)6-16-5-8(12)4-14-16/h2,4-5,7,17H,3,6H2,1H3,(H,13,18). The van der Waals surface area contributed by atoms with E-state index >= 15 is 0 Å². The van der Waals surface area contributed by atoms with E-state index in [-0.39, 0.29) is 18.1 Å². The molecule has 0 saturated heterocycles. The van der Waals surface area contributed by atoms with Crippen LogP contribution in [0.25, 0.3) is 0 Å². The topological polar surface area (TPSA) is 93.2 Å². The van der Waals surface area contributed by atoms with Crippen LogP contribution in [0.4, 0.5) is 0 Å². The van der Waals surface area contributed by atoms with E-state index in [0.717, 1.165) is 4.47 Å². The quantitative estimate of drug-likeness (QED) is 0.846. The predicted molar refractivity (Wildman–Crippen MR) is 69.5 cm³/mol. The molecule has 2 N–H and O–H groups in total. The lowest BCUT2D eigenvalue weighted by atomic mass is 10.3. The van der Waals surface area contributed by atoms with E-state index in [1.54, 1.807) is 30.1 Å². The van der Waals surface area contributed by atoms with Crippen molar-refractivity contribution in [3.05, 3.63) is 34.4 Å². The summed E-state index contributed by atoms with van der Waals surface area (Å²) in [6.45, 7) is 2.15. The van der Waals surface area contributed by atoms with Crippen LogP contribution in [0, 0.1) is 0 Å². The van der Waals surface area contributed by atoms with Gasteiger partial charge in [0, 0.05) is 18.8 Å². The van der Waals surface area contributed by atoms with Crippen LogP contribution in [0.2, 0.25) is 0 Å². The molecule has 2 rings (SSSR count). The van der Waals surface area contributed by atoms with Crippen molar-refractivity contribution in [2.45, 2.75) is 19.6 Å². The Morgan fingerprint density at radius 3 is 3.11 bits per heavy atom. The van der Waals surface area contributed by atoms with Crippen molar-refractivity contribution >= 4 is 21.8 Å². The molecule has 2 heterocycles. The predicted octanol–water partition coefficient (Wildman–Crippen LogP) is 0.792. The van der Waals surface area contributed by atoms with E-state index in [1.807, 2.05) is 0 Å². The third-order valence-corrected chi connectivity index (χ3v) is 2.68. The monoisotopic (exact) mass is 328 g/mol. The van der Waals surface area contributed by atoms with Gasteiger partial charge < -0.3 is 14.9 Å². The second-order valence-corrected chi connectivity index (χ2v) is 5.01. The number of hydrogen-bond acceptors (Lipinski definition) is 5. The van der Waals surface area contributed by atoms with Crippen LogP contribution < -0.4 is 5.32 Å². The Kier molecular flexibility index (Phi) is 4.33. The molecule has 1 amide bonds. The molecule has 2 aromatic heterocycles. The molecule has 0 bridgehead atoms. The molecule has 19 heavy (non-hydrogen) atoms. The molecule has 1 atom stereocenters. The second kappa shape index (κ2) is 5.98. The van der Waals surface area contributed by atoms with Gasteiger partial charge in [0.2, 0.25) is 0 Å². The molecular weight excluding hydrogens is 316 g/mol. The minimum absolute atomic E-state index is 0.174. The zero-order chi connectivity index (χ0) is 13.8. The fraction of sp³-hybridized carbons (Fsp3) is 0.364. The van der Waals surface area contributed by atoms with E-state index in [0.29, 0.717) is 12.3 Å². The molecule has 0 fully saturated rings. The maximum absolute atomic E-state index is 11.6. The summed E-state index contributed by atoms with van der Waals surface area (Å²) in [7, 11) is 0. The van der Waals surface area contributed by atoms with Crippen molar-refractivity contribution in [1.29, 1.82) is 0 Å². The Balaban J connectivity index is 1.96. The van der Waals surface area contributed by atoms with Crippen molar-refractivity contribution in [3.63, 3.8) is 0 Å². The van der Waals surface area contributed by atoms with Crippen LogP contribution >= 0.6 is 15.9 Å². The smallest absolute Gasteiger partial charge is 0.273 e. The van der Waals surface area contributed by atoms with E-state index in [2.05, 4.69) is 31.5 Å². The number of aliphatic hydroxyl groups is 1. The number of aliphatic hydroxyl groups excluding tert-OH is 1. The number of hydrogen-bond donors (Lipinski definition) is 2. The third-order valence-electron chi connectivity index (χ3n) is 2.27. The molecule has 0 aromatic carbocycles. The largest absolute Gasteiger partial charge is 0.392 e. The first-order valence-corrected chi connectivity index (χ1v) is 6.43. The zero-order valence-electron chi connectivity index (χ0n) is 10.2. The van der Waals surface area contributed by atoms with Gasteiger partial charge in [-0.05, 0) is 22.9 Å². The molecule has 1 unspecified atom stereocenters. The van der Waals surface area contributed by atoms with E-state index in [9.17, 15) is 4.79 Å². The Hall–Kier alpha value is -1.67. The van der Waals surface area contributed by atoms with Gasteiger partial charge in [-0.2, -0.15) is 5.10 Å². The number of nitrogens with zero attached hydrogens (tertiary/aromatic N) is 3. The van der Waals surface area contributed by atoms with Crippen molar-refractivity contribution in [3.8, 4) is 0 Å². The van der Waals surface area contributed by atoms with E-state index in [1.165, 1.54) is 0 Å². The van der Waals surface area contributed by atoms with Crippen LogP contribution in [0.5, 0.6) is 0 Å². The summed E-state index contributed by atoms with van der Waals surface area (Å²) in [5, 5.41) is 19.4. The summed E-state index contributed by atoms with van der Waals surface area (Å²) >= 11 is 3.29. The summed E-state index contributed by atoms with van der Waals surface area (Å²) in [5.41, 5.74) is 0.182. The second-order valence-electron chi connectivity index (χ2n) is 4.09. The average Bonchev–Trinajstić information content (AvgIpc) is 2.96. The van der Waals surface area contributed by atoms with Crippen molar-refractivity contribution in [2.24, 2.45) is 0 Å². The molecule has 2 aromatic rings. The number of carbonyl (C=O) groups excluding carboxylic acids is 1. The normalized spacial score (nSPS) is 12.4. The highest BCUT2D eigenvalue weighted by atomic mass is 79.9. The number of rotatable bonds is 5. The molecule has 7 nitrogen and oxygen atoms in total. The third kappa shape index (κ3) is 3.90. The number of nitrogens with one attached hydrogen (secondary N) is 1. The molecule has 0 saturated carbocycles. The zero-order valence-corrected chi connectivity index (χ0v) is 11.8. The summed E-state index contributed by atoms with van der Waals surface area (Å²) in [4.78, 5) is 11.6. The Morgan fingerprint density at radius 1 is 1.68 bits per heavy atom. The first-order valence-electron chi connectivity index (χ1n) is 5.64. The molecule has 0 aliphatic carbocycles. The molecule has 0 spiro atoms. The lowest BCUT2D eigenvalue weighted by Gasteiger charge is -2.03.